The van der Waals surface area contributed by atoms with Crippen LogP contribution in [0.5, 0.6) is 5.75 Å². The van der Waals surface area contributed by atoms with Gasteiger partial charge in [-0.1, -0.05) is 18.2 Å². The SMILES string of the molecule is O=C(Cc1ccccc1O)NC1CCc2c([N+](=O)[O-])cc3[nH]c(=O)c(=O)[nH]c3c2C1. The number of benzene rings is 2. The summed E-state index contributed by atoms with van der Waals surface area (Å²) in [5.41, 5.74) is 0.164. The summed E-state index contributed by atoms with van der Waals surface area (Å²) in [5.74, 6) is -0.258. The first kappa shape index (κ1) is 19.4. The van der Waals surface area contributed by atoms with E-state index in [1.165, 1.54) is 12.1 Å². The first-order chi connectivity index (χ1) is 14.3. The van der Waals surface area contributed by atoms with E-state index in [9.17, 15) is 29.6 Å². The molecule has 0 bridgehead atoms. The summed E-state index contributed by atoms with van der Waals surface area (Å²) in [6, 6.07) is 7.49. The molecule has 0 saturated carbocycles. The van der Waals surface area contributed by atoms with E-state index in [1.807, 2.05) is 0 Å². The van der Waals surface area contributed by atoms with Crippen LogP contribution >= 0.6 is 0 Å². The number of aromatic nitrogens is 2. The number of amides is 1. The Bertz CT molecular complexity index is 1290. The number of nitro groups is 1. The molecule has 0 aliphatic heterocycles. The number of phenols is 1. The lowest BCUT2D eigenvalue weighted by molar-refractivity contribution is -0.385. The van der Waals surface area contributed by atoms with Gasteiger partial charge in [0.15, 0.2) is 0 Å². The summed E-state index contributed by atoms with van der Waals surface area (Å²) in [7, 11) is 0. The van der Waals surface area contributed by atoms with Crippen molar-refractivity contribution < 1.29 is 14.8 Å². The van der Waals surface area contributed by atoms with Crippen molar-refractivity contribution in [1.82, 2.24) is 15.3 Å². The van der Waals surface area contributed by atoms with Crippen molar-refractivity contribution in [3.05, 3.63) is 77.8 Å². The van der Waals surface area contributed by atoms with Gasteiger partial charge >= 0.3 is 11.1 Å². The topological polar surface area (TPSA) is 158 Å². The average molecular weight is 410 g/mol. The molecule has 1 amide bonds. The minimum absolute atomic E-state index is 0.00410. The van der Waals surface area contributed by atoms with Gasteiger partial charge < -0.3 is 20.4 Å². The Morgan fingerprint density at radius 3 is 2.67 bits per heavy atom. The second-order valence-corrected chi connectivity index (χ2v) is 7.25. The quantitative estimate of drug-likeness (QED) is 0.286. The number of phenolic OH excluding ortho intramolecular Hbond substituents is 1. The number of hydrogen-bond acceptors (Lipinski definition) is 6. The molecule has 10 nitrogen and oxygen atoms in total. The van der Waals surface area contributed by atoms with Crippen LogP contribution in [-0.4, -0.2) is 31.9 Å². The molecular weight excluding hydrogens is 392 g/mol. The van der Waals surface area contributed by atoms with Gasteiger partial charge in [0, 0.05) is 23.2 Å². The molecule has 3 aromatic rings. The molecule has 10 heteroatoms. The standard InChI is InChI=1S/C20H18N4O6/c25-16-4-2-1-3-10(16)7-17(26)21-11-5-6-12-13(8-11)18-14(9-15(12)24(29)30)22-19(27)20(28)23-18/h1-4,9,11,25H,5-8H2,(H,21,26)(H,22,27)(H,23,28). The highest BCUT2D eigenvalue weighted by Gasteiger charge is 2.29. The Morgan fingerprint density at radius 1 is 1.20 bits per heavy atom. The average Bonchev–Trinajstić information content (AvgIpc) is 2.70. The monoisotopic (exact) mass is 410 g/mol. The fourth-order valence-electron chi connectivity index (χ4n) is 3.92. The summed E-state index contributed by atoms with van der Waals surface area (Å²) in [4.78, 5) is 51.8. The highest BCUT2D eigenvalue weighted by atomic mass is 16.6. The molecule has 0 radical (unpaired) electrons. The Balaban J connectivity index is 1.65. The first-order valence-corrected chi connectivity index (χ1v) is 9.35. The van der Waals surface area contributed by atoms with Crippen LogP contribution in [0.3, 0.4) is 0 Å². The maximum atomic E-state index is 12.4. The predicted octanol–water partition coefficient (Wildman–Crippen LogP) is 1.05. The maximum Gasteiger partial charge on any atom is 0.314 e. The van der Waals surface area contributed by atoms with Gasteiger partial charge in [0.05, 0.1) is 22.4 Å². The number of H-pyrrole nitrogens is 2. The van der Waals surface area contributed by atoms with Gasteiger partial charge in [-0.3, -0.25) is 24.5 Å². The summed E-state index contributed by atoms with van der Waals surface area (Å²) in [5, 5.41) is 24.2. The Kier molecular flexibility index (Phi) is 4.82. The molecule has 0 spiro atoms. The molecule has 4 N–H and O–H groups in total. The van der Waals surface area contributed by atoms with Crippen LogP contribution < -0.4 is 16.4 Å². The number of nitro benzene ring substituents is 1. The van der Waals surface area contributed by atoms with Gasteiger partial charge in [-0.2, -0.15) is 0 Å². The molecule has 1 aliphatic rings. The van der Waals surface area contributed by atoms with E-state index >= 15 is 0 Å². The van der Waals surface area contributed by atoms with Crippen molar-refractivity contribution in [3.8, 4) is 5.75 Å². The fourth-order valence-corrected chi connectivity index (χ4v) is 3.92. The molecule has 30 heavy (non-hydrogen) atoms. The normalized spacial score (nSPS) is 15.5. The number of hydrogen-bond donors (Lipinski definition) is 4. The van der Waals surface area contributed by atoms with E-state index in [2.05, 4.69) is 15.3 Å². The molecule has 1 unspecified atom stereocenters. The zero-order chi connectivity index (χ0) is 21.4. The lowest BCUT2D eigenvalue weighted by Crippen LogP contribution is -2.40. The molecule has 1 atom stereocenters. The first-order valence-electron chi connectivity index (χ1n) is 9.35. The number of rotatable bonds is 4. The number of carbonyl (C=O) groups is 1. The van der Waals surface area contributed by atoms with Crippen LogP contribution in [-0.2, 0) is 24.1 Å². The number of aromatic amines is 2. The Morgan fingerprint density at radius 2 is 1.93 bits per heavy atom. The van der Waals surface area contributed by atoms with Crippen LogP contribution in [0.4, 0.5) is 5.69 Å². The van der Waals surface area contributed by atoms with Crippen LogP contribution in [0.1, 0.15) is 23.1 Å². The number of nitrogens with zero attached hydrogens (tertiary/aromatic N) is 1. The van der Waals surface area contributed by atoms with E-state index in [-0.39, 0.29) is 41.7 Å². The van der Waals surface area contributed by atoms with Crippen LogP contribution in [0.15, 0.2) is 39.9 Å². The fraction of sp³-hybridized carbons (Fsp3) is 0.250. The molecule has 1 heterocycles. The largest absolute Gasteiger partial charge is 0.508 e. The van der Waals surface area contributed by atoms with E-state index in [4.69, 9.17) is 0 Å². The highest BCUT2D eigenvalue weighted by molar-refractivity contribution is 5.84. The summed E-state index contributed by atoms with van der Waals surface area (Å²) < 4.78 is 0. The smallest absolute Gasteiger partial charge is 0.314 e. The predicted molar refractivity (Wildman–Crippen MR) is 108 cm³/mol. The minimum atomic E-state index is -0.889. The molecule has 0 saturated heterocycles. The van der Waals surface area contributed by atoms with Crippen molar-refractivity contribution in [2.24, 2.45) is 0 Å². The second-order valence-electron chi connectivity index (χ2n) is 7.25. The van der Waals surface area contributed by atoms with Gasteiger partial charge in [0.2, 0.25) is 5.91 Å². The number of aromatic hydroxyl groups is 1. The lowest BCUT2D eigenvalue weighted by atomic mass is 9.86. The number of nitrogens with one attached hydrogen (secondary N) is 3. The minimum Gasteiger partial charge on any atom is -0.508 e. The summed E-state index contributed by atoms with van der Waals surface area (Å²) in [6.45, 7) is 0. The van der Waals surface area contributed by atoms with E-state index in [0.29, 0.717) is 35.0 Å². The van der Waals surface area contributed by atoms with Crippen LogP contribution in [0, 0.1) is 10.1 Å². The number of carbonyl (C=O) groups excluding carboxylic acids is 1. The van der Waals surface area contributed by atoms with Crippen LogP contribution in [0.2, 0.25) is 0 Å². The second kappa shape index (κ2) is 7.47. The maximum absolute atomic E-state index is 12.4. The Hall–Kier alpha value is -3.95. The Labute approximate surface area is 168 Å². The highest BCUT2D eigenvalue weighted by Crippen LogP contribution is 2.34. The summed E-state index contributed by atoms with van der Waals surface area (Å²) >= 11 is 0. The third kappa shape index (κ3) is 3.54. The van der Waals surface area contributed by atoms with Crippen molar-refractivity contribution in [1.29, 1.82) is 0 Å². The van der Waals surface area contributed by atoms with Crippen molar-refractivity contribution in [3.63, 3.8) is 0 Å². The molecule has 4 rings (SSSR count). The number of fused-ring (bicyclic) bond motifs is 3. The van der Waals surface area contributed by atoms with E-state index < -0.39 is 16.0 Å². The van der Waals surface area contributed by atoms with Crippen molar-refractivity contribution in [2.45, 2.75) is 31.7 Å². The molecule has 1 aliphatic carbocycles. The molecule has 2 aromatic carbocycles. The van der Waals surface area contributed by atoms with Crippen LogP contribution in [0.25, 0.3) is 11.0 Å². The van der Waals surface area contributed by atoms with Gasteiger partial charge in [-0.05, 0) is 30.9 Å². The van der Waals surface area contributed by atoms with Gasteiger partial charge in [0.25, 0.3) is 5.69 Å². The molecular formula is C20H18N4O6. The van der Waals surface area contributed by atoms with E-state index in [1.54, 1.807) is 18.2 Å². The van der Waals surface area contributed by atoms with Gasteiger partial charge in [-0.25, -0.2) is 0 Å². The zero-order valence-electron chi connectivity index (χ0n) is 15.7. The molecule has 0 fully saturated rings. The molecule has 154 valence electrons. The third-order valence-corrected chi connectivity index (χ3v) is 5.32. The zero-order valence-corrected chi connectivity index (χ0v) is 15.7. The summed E-state index contributed by atoms with van der Waals surface area (Å²) in [6.07, 6.45) is 1.08. The van der Waals surface area contributed by atoms with Crippen molar-refractivity contribution in [2.75, 3.05) is 0 Å². The molecule has 1 aromatic heterocycles. The van der Waals surface area contributed by atoms with E-state index in [0.717, 1.165) is 0 Å². The van der Waals surface area contributed by atoms with Gasteiger partial charge in [-0.15, -0.1) is 0 Å². The van der Waals surface area contributed by atoms with Gasteiger partial charge in [0.1, 0.15) is 5.75 Å². The number of para-hydroxylation sites is 1. The van der Waals surface area contributed by atoms with Crippen molar-refractivity contribution >= 4 is 22.6 Å². The lowest BCUT2D eigenvalue weighted by Gasteiger charge is -2.26. The third-order valence-electron chi connectivity index (χ3n) is 5.32.